The highest BCUT2D eigenvalue weighted by molar-refractivity contribution is 5.93. The normalized spacial score (nSPS) is 12.2. The van der Waals surface area contributed by atoms with Gasteiger partial charge in [-0.2, -0.15) is 10.2 Å². The van der Waals surface area contributed by atoms with Crippen LogP contribution in [0.4, 0.5) is 5.69 Å². The van der Waals surface area contributed by atoms with E-state index in [1.165, 1.54) is 0 Å². The lowest BCUT2D eigenvalue weighted by atomic mass is 10.2. The van der Waals surface area contributed by atoms with Crippen LogP contribution in [0, 0.1) is 20.8 Å². The van der Waals surface area contributed by atoms with Gasteiger partial charge in [0, 0.05) is 17.6 Å². The number of hydrogen-bond donors (Lipinski definition) is 1. The minimum atomic E-state index is -0.367. The van der Waals surface area contributed by atoms with Crippen molar-refractivity contribution in [1.29, 1.82) is 0 Å². The van der Waals surface area contributed by atoms with Gasteiger partial charge in [0.05, 0.1) is 18.4 Å². The van der Waals surface area contributed by atoms with Gasteiger partial charge in [-0.1, -0.05) is 12.1 Å². The van der Waals surface area contributed by atoms with Crippen LogP contribution in [0.5, 0.6) is 0 Å². The third-order valence-electron chi connectivity index (χ3n) is 4.14. The van der Waals surface area contributed by atoms with Crippen molar-refractivity contribution in [3.63, 3.8) is 0 Å². The molecular weight excluding hydrogens is 314 g/mol. The number of nitrogens with zero attached hydrogens (tertiary/aromatic N) is 4. The number of carbonyl (C=O) groups excluding carboxylic acids is 1. The number of carbonyl (C=O) groups is 1. The number of rotatable bonds is 5. The van der Waals surface area contributed by atoms with Gasteiger partial charge in [0.1, 0.15) is 6.04 Å². The van der Waals surface area contributed by atoms with Crippen molar-refractivity contribution in [3.05, 3.63) is 65.2 Å². The molecule has 3 rings (SSSR count). The predicted molar refractivity (Wildman–Crippen MR) is 97.5 cm³/mol. The second-order valence-corrected chi connectivity index (χ2v) is 6.45. The topological polar surface area (TPSA) is 64.7 Å². The number of hydrogen-bond acceptors (Lipinski definition) is 3. The first-order chi connectivity index (χ1) is 11.9. The third kappa shape index (κ3) is 3.96. The quantitative estimate of drug-likeness (QED) is 0.777. The first-order valence-corrected chi connectivity index (χ1v) is 8.34. The van der Waals surface area contributed by atoms with Gasteiger partial charge in [0.2, 0.25) is 5.91 Å². The average molecular weight is 337 g/mol. The third-order valence-corrected chi connectivity index (χ3v) is 4.14. The van der Waals surface area contributed by atoms with Crippen LogP contribution in [-0.4, -0.2) is 25.5 Å². The monoisotopic (exact) mass is 337 g/mol. The summed E-state index contributed by atoms with van der Waals surface area (Å²) in [5.74, 6) is -0.0913. The van der Waals surface area contributed by atoms with E-state index < -0.39 is 0 Å². The Morgan fingerprint density at radius 1 is 1.24 bits per heavy atom. The minimum Gasteiger partial charge on any atom is -0.324 e. The van der Waals surface area contributed by atoms with Crippen molar-refractivity contribution in [3.8, 4) is 0 Å². The molecule has 1 atom stereocenters. The zero-order valence-corrected chi connectivity index (χ0v) is 15.0. The van der Waals surface area contributed by atoms with Crippen molar-refractivity contribution in [2.75, 3.05) is 5.32 Å². The summed E-state index contributed by atoms with van der Waals surface area (Å²) in [5, 5.41) is 11.7. The Labute approximate surface area is 147 Å². The van der Waals surface area contributed by atoms with Gasteiger partial charge in [-0.05, 0) is 57.0 Å². The first kappa shape index (κ1) is 17.0. The Morgan fingerprint density at radius 3 is 2.68 bits per heavy atom. The molecule has 0 radical (unpaired) electrons. The number of aryl methyl sites for hydroxylation is 3. The summed E-state index contributed by atoms with van der Waals surface area (Å²) in [6.45, 7) is 8.49. The van der Waals surface area contributed by atoms with E-state index >= 15 is 0 Å². The first-order valence-electron chi connectivity index (χ1n) is 8.34. The number of aromatic nitrogens is 4. The fourth-order valence-corrected chi connectivity index (χ4v) is 2.77. The van der Waals surface area contributed by atoms with Crippen LogP contribution in [0.15, 0.2) is 42.7 Å². The second kappa shape index (κ2) is 6.93. The molecule has 6 nitrogen and oxygen atoms in total. The van der Waals surface area contributed by atoms with E-state index in [2.05, 4.69) is 21.6 Å². The van der Waals surface area contributed by atoms with E-state index in [9.17, 15) is 4.79 Å². The smallest absolute Gasteiger partial charge is 0.248 e. The van der Waals surface area contributed by atoms with Gasteiger partial charge < -0.3 is 5.32 Å². The zero-order valence-electron chi connectivity index (χ0n) is 15.0. The molecule has 0 aliphatic heterocycles. The Kier molecular flexibility index (Phi) is 4.70. The molecule has 0 fully saturated rings. The summed E-state index contributed by atoms with van der Waals surface area (Å²) in [6, 6.07) is 9.54. The van der Waals surface area contributed by atoms with Gasteiger partial charge >= 0.3 is 0 Å². The number of amides is 1. The van der Waals surface area contributed by atoms with Crippen molar-refractivity contribution < 1.29 is 4.79 Å². The predicted octanol–water partition coefficient (Wildman–Crippen LogP) is 3.25. The number of benzene rings is 1. The lowest BCUT2D eigenvalue weighted by molar-refractivity contribution is -0.119. The van der Waals surface area contributed by atoms with Gasteiger partial charge in [-0.3, -0.25) is 14.2 Å². The van der Waals surface area contributed by atoms with Crippen LogP contribution in [-0.2, 0) is 11.3 Å². The Balaban J connectivity index is 1.71. The molecule has 2 heterocycles. The van der Waals surface area contributed by atoms with E-state index in [0.717, 1.165) is 28.2 Å². The fourth-order valence-electron chi connectivity index (χ4n) is 2.77. The molecule has 0 aliphatic carbocycles. The summed E-state index contributed by atoms with van der Waals surface area (Å²) in [6.07, 6.45) is 3.61. The van der Waals surface area contributed by atoms with E-state index in [1.54, 1.807) is 10.9 Å². The summed E-state index contributed by atoms with van der Waals surface area (Å²) in [7, 11) is 0. The average Bonchev–Trinajstić information content (AvgIpc) is 3.12. The van der Waals surface area contributed by atoms with Crippen molar-refractivity contribution in [2.45, 2.75) is 40.3 Å². The number of nitrogens with one attached hydrogen (secondary N) is 1. The molecule has 0 saturated carbocycles. The Bertz CT molecular complexity index is 893. The van der Waals surface area contributed by atoms with Crippen molar-refractivity contribution >= 4 is 11.6 Å². The van der Waals surface area contributed by atoms with E-state index in [-0.39, 0.29) is 11.9 Å². The molecule has 1 aromatic carbocycles. The van der Waals surface area contributed by atoms with Crippen LogP contribution < -0.4 is 5.32 Å². The van der Waals surface area contributed by atoms with Crippen LogP contribution in [0.1, 0.15) is 35.5 Å². The summed E-state index contributed by atoms with van der Waals surface area (Å²) in [5.41, 5.74) is 5.03. The highest BCUT2D eigenvalue weighted by Gasteiger charge is 2.16. The highest BCUT2D eigenvalue weighted by atomic mass is 16.2. The van der Waals surface area contributed by atoms with Crippen LogP contribution in [0.3, 0.4) is 0 Å². The summed E-state index contributed by atoms with van der Waals surface area (Å²) in [4.78, 5) is 12.5. The molecule has 0 spiro atoms. The summed E-state index contributed by atoms with van der Waals surface area (Å²) < 4.78 is 3.63. The zero-order chi connectivity index (χ0) is 18.0. The Hall–Kier alpha value is -2.89. The van der Waals surface area contributed by atoms with E-state index in [1.807, 2.05) is 62.8 Å². The molecule has 0 saturated heterocycles. The van der Waals surface area contributed by atoms with Crippen molar-refractivity contribution in [2.24, 2.45) is 0 Å². The largest absolute Gasteiger partial charge is 0.324 e. The van der Waals surface area contributed by atoms with Crippen LogP contribution in [0.2, 0.25) is 0 Å². The van der Waals surface area contributed by atoms with Crippen molar-refractivity contribution in [1.82, 2.24) is 19.6 Å². The standard InChI is InChI=1S/C19H23N5O/c1-13-10-20-24(11-13)16(4)19(25)21-18-7-5-6-17(9-18)12-23-15(3)8-14(2)22-23/h5-11,16H,12H2,1-4H3,(H,21,25). The Morgan fingerprint density at radius 2 is 2.04 bits per heavy atom. The lowest BCUT2D eigenvalue weighted by Crippen LogP contribution is -2.24. The molecule has 0 aliphatic rings. The summed E-state index contributed by atoms with van der Waals surface area (Å²) >= 11 is 0. The molecule has 6 heteroatoms. The van der Waals surface area contributed by atoms with Crippen LogP contribution >= 0.6 is 0 Å². The molecule has 2 aromatic heterocycles. The minimum absolute atomic E-state index is 0.0913. The maximum Gasteiger partial charge on any atom is 0.248 e. The number of anilines is 1. The molecule has 3 aromatic rings. The second-order valence-electron chi connectivity index (χ2n) is 6.45. The van der Waals surface area contributed by atoms with Gasteiger partial charge in [-0.15, -0.1) is 0 Å². The highest BCUT2D eigenvalue weighted by Crippen LogP contribution is 2.15. The van der Waals surface area contributed by atoms with Gasteiger partial charge in [0.25, 0.3) is 0 Å². The fraction of sp³-hybridized carbons (Fsp3) is 0.316. The molecule has 1 unspecified atom stereocenters. The maximum absolute atomic E-state index is 12.5. The molecule has 0 bridgehead atoms. The van der Waals surface area contributed by atoms with Crippen LogP contribution in [0.25, 0.3) is 0 Å². The molecule has 1 amide bonds. The molecular formula is C19H23N5O. The lowest BCUT2D eigenvalue weighted by Gasteiger charge is -2.13. The van der Waals surface area contributed by atoms with E-state index in [4.69, 9.17) is 0 Å². The molecule has 25 heavy (non-hydrogen) atoms. The van der Waals surface area contributed by atoms with Gasteiger partial charge in [0.15, 0.2) is 0 Å². The molecule has 1 N–H and O–H groups in total. The maximum atomic E-state index is 12.5. The van der Waals surface area contributed by atoms with Gasteiger partial charge in [-0.25, -0.2) is 0 Å². The van der Waals surface area contributed by atoms with E-state index in [0.29, 0.717) is 6.54 Å². The molecule has 130 valence electrons. The SMILES string of the molecule is Cc1cnn(C(C)C(=O)Nc2cccc(Cn3nc(C)cc3C)c2)c1.